The predicted octanol–water partition coefficient (Wildman–Crippen LogP) is 6.16. The molecule has 1 aliphatic rings. The summed E-state index contributed by atoms with van der Waals surface area (Å²) in [6, 6.07) is 1.78. The Morgan fingerprint density at radius 2 is 1.62 bits per heavy atom. The van der Waals surface area contributed by atoms with Crippen LogP contribution in [0.5, 0.6) is 0 Å². The molecule has 0 aliphatic carbocycles. The van der Waals surface area contributed by atoms with Gasteiger partial charge in [-0.15, -0.1) is 11.5 Å². The SMILES string of the molecule is C=C=C(CC(CC)N1C(=O)CC(C=C=C(CC(O)CC)C[Si](C)(C)C)C1=O)C[Si](C)(C)C. The van der Waals surface area contributed by atoms with Crippen molar-refractivity contribution in [2.45, 2.75) is 109 Å². The quantitative estimate of drug-likeness (QED) is 0.209. The van der Waals surface area contributed by atoms with Gasteiger partial charge in [-0.3, -0.25) is 14.5 Å². The van der Waals surface area contributed by atoms with Gasteiger partial charge in [0.1, 0.15) is 0 Å². The summed E-state index contributed by atoms with van der Waals surface area (Å²) in [5, 5.41) is 10.1. The maximum Gasteiger partial charge on any atom is 0.237 e. The molecule has 0 aromatic heterocycles. The van der Waals surface area contributed by atoms with Crippen molar-refractivity contribution in [3.8, 4) is 0 Å². The zero-order valence-corrected chi connectivity index (χ0v) is 23.7. The largest absolute Gasteiger partial charge is 0.393 e. The van der Waals surface area contributed by atoms with Crippen molar-refractivity contribution in [2.24, 2.45) is 5.92 Å². The van der Waals surface area contributed by atoms with E-state index in [-0.39, 0.29) is 30.4 Å². The molecular weight excluding hydrogens is 430 g/mol. The molecule has 1 N–H and O–H groups in total. The van der Waals surface area contributed by atoms with Crippen LogP contribution in [0.25, 0.3) is 0 Å². The third-order valence-electron chi connectivity index (χ3n) is 5.72. The van der Waals surface area contributed by atoms with E-state index in [0.29, 0.717) is 19.3 Å². The van der Waals surface area contributed by atoms with Crippen LogP contribution in [-0.4, -0.2) is 50.1 Å². The molecule has 32 heavy (non-hydrogen) atoms. The van der Waals surface area contributed by atoms with Crippen LogP contribution in [0.1, 0.15) is 46.0 Å². The molecule has 0 aromatic rings. The number of likely N-dealkylation sites (tertiary alicyclic amines) is 1. The first kappa shape index (κ1) is 28.6. The summed E-state index contributed by atoms with van der Waals surface area (Å²) in [5.74, 6) is -0.670. The predicted molar refractivity (Wildman–Crippen MR) is 140 cm³/mol. The Balaban J connectivity index is 3.10. The topological polar surface area (TPSA) is 57.6 Å². The van der Waals surface area contributed by atoms with E-state index in [9.17, 15) is 14.7 Å². The molecule has 0 radical (unpaired) electrons. The average Bonchev–Trinajstić information content (AvgIpc) is 2.94. The van der Waals surface area contributed by atoms with Crippen LogP contribution in [0.3, 0.4) is 0 Å². The summed E-state index contributed by atoms with van der Waals surface area (Å²) < 4.78 is 0. The molecule has 0 aromatic carbocycles. The summed E-state index contributed by atoms with van der Waals surface area (Å²) in [4.78, 5) is 27.5. The van der Waals surface area contributed by atoms with E-state index in [4.69, 9.17) is 0 Å². The smallest absolute Gasteiger partial charge is 0.237 e. The number of rotatable bonds is 12. The van der Waals surface area contributed by atoms with Crippen molar-refractivity contribution in [3.63, 3.8) is 0 Å². The number of imide groups is 1. The normalized spacial score (nSPS) is 18.8. The number of aliphatic hydroxyl groups excluding tert-OH is 1. The van der Waals surface area contributed by atoms with Crippen LogP contribution in [-0.2, 0) is 9.59 Å². The molecule has 2 amide bonds. The second-order valence-electron chi connectivity index (χ2n) is 11.6. The van der Waals surface area contributed by atoms with Crippen LogP contribution in [0.15, 0.2) is 35.3 Å². The fraction of sp³-hybridized carbons (Fsp3) is 0.692. The number of amides is 2. The van der Waals surface area contributed by atoms with Crippen molar-refractivity contribution in [1.29, 1.82) is 0 Å². The molecule has 4 nitrogen and oxygen atoms in total. The van der Waals surface area contributed by atoms with Gasteiger partial charge in [0.2, 0.25) is 11.8 Å². The molecule has 180 valence electrons. The van der Waals surface area contributed by atoms with E-state index >= 15 is 0 Å². The minimum Gasteiger partial charge on any atom is -0.393 e. The standard InChI is InChI=1S/C26H45NO3Si2/c1-10-20(18-31(4,5)6)15-23(11-2)27-25(29)17-22(26(27)30)14-13-21(16-24(28)12-3)19-32(7,8)9/h14,22-24,28H,1,11-12,15-19H2,2-9H3. The lowest BCUT2D eigenvalue weighted by Gasteiger charge is -2.27. The zero-order chi connectivity index (χ0) is 24.7. The molecule has 1 rings (SSSR count). The highest BCUT2D eigenvalue weighted by atomic mass is 28.3. The minimum atomic E-state index is -1.39. The Morgan fingerprint density at radius 1 is 1.06 bits per heavy atom. The Kier molecular flexibility index (Phi) is 10.9. The molecule has 0 spiro atoms. The van der Waals surface area contributed by atoms with E-state index in [1.54, 1.807) is 6.08 Å². The molecule has 1 heterocycles. The van der Waals surface area contributed by atoms with Crippen molar-refractivity contribution in [1.82, 2.24) is 4.90 Å². The monoisotopic (exact) mass is 475 g/mol. The van der Waals surface area contributed by atoms with Gasteiger partial charge < -0.3 is 5.11 Å². The molecule has 0 bridgehead atoms. The van der Waals surface area contributed by atoms with Crippen molar-refractivity contribution >= 4 is 28.0 Å². The number of carbonyl (C=O) groups excluding carboxylic acids is 2. The summed E-state index contributed by atoms with van der Waals surface area (Å²) in [6.45, 7) is 21.6. The zero-order valence-electron chi connectivity index (χ0n) is 21.7. The summed E-state index contributed by atoms with van der Waals surface area (Å²) in [6.07, 6.45) is 4.27. The van der Waals surface area contributed by atoms with E-state index in [0.717, 1.165) is 29.7 Å². The number of hydrogen-bond donors (Lipinski definition) is 1. The van der Waals surface area contributed by atoms with Gasteiger partial charge in [-0.2, -0.15) is 0 Å². The Hall–Kier alpha value is -1.43. The molecule has 6 heteroatoms. The van der Waals surface area contributed by atoms with E-state index < -0.39 is 22.1 Å². The van der Waals surface area contributed by atoms with E-state index in [1.807, 2.05) is 13.8 Å². The van der Waals surface area contributed by atoms with Gasteiger partial charge in [0.05, 0.1) is 12.0 Å². The first-order valence-electron chi connectivity index (χ1n) is 12.1. The highest BCUT2D eigenvalue weighted by Gasteiger charge is 2.41. The molecule has 3 unspecified atom stereocenters. The van der Waals surface area contributed by atoms with Crippen LogP contribution in [0.4, 0.5) is 0 Å². The van der Waals surface area contributed by atoms with Crippen LogP contribution in [0.2, 0.25) is 51.4 Å². The second-order valence-corrected chi connectivity index (χ2v) is 22.6. The summed E-state index contributed by atoms with van der Waals surface area (Å²) in [5.41, 5.74) is 8.61. The molecule has 1 saturated heterocycles. The average molecular weight is 476 g/mol. The summed E-state index contributed by atoms with van der Waals surface area (Å²) in [7, 11) is -2.73. The maximum absolute atomic E-state index is 13.2. The maximum atomic E-state index is 13.2. The lowest BCUT2D eigenvalue weighted by atomic mass is 10.0. The third kappa shape index (κ3) is 9.60. The number of aliphatic hydroxyl groups is 1. The van der Waals surface area contributed by atoms with Crippen LogP contribution >= 0.6 is 0 Å². The number of carbonyl (C=O) groups is 2. The number of nitrogens with zero attached hydrogens (tertiary/aromatic N) is 1. The van der Waals surface area contributed by atoms with Crippen molar-refractivity contribution in [2.75, 3.05) is 0 Å². The highest BCUT2D eigenvalue weighted by Crippen LogP contribution is 2.29. The second kappa shape index (κ2) is 12.2. The van der Waals surface area contributed by atoms with Crippen LogP contribution in [0, 0.1) is 5.92 Å². The van der Waals surface area contributed by atoms with Gasteiger partial charge in [-0.1, -0.05) is 59.7 Å². The molecular formula is C26H45NO3Si2. The third-order valence-corrected chi connectivity index (χ3v) is 8.69. The lowest BCUT2D eigenvalue weighted by molar-refractivity contribution is -0.141. The molecule has 0 saturated carbocycles. The molecule has 3 atom stereocenters. The van der Waals surface area contributed by atoms with Gasteiger partial charge in [-0.05, 0) is 48.6 Å². The van der Waals surface area contributed by atoms with Crippen molar-refractivity contribution < 1.29 is 14.7 Å². The Bertz CT molecular complexity index is 791. The van der Waals surface area contributed by atoms with Crippen LogP contribution < -0.4 is 0 Å². The Labute approximate surface area is 198 Å². The van der Waals surface area contributed by atoms with Crippen molar-refractivity contribution in [3.05, 3.63) is 35.3 Å². The Morgan fingerprint density at radius 3 is 2.09 bits per heavy atom. The van der Waals surface area contributed by atoms with Gasteiger partial charge in [0.25, 0.3) is 0 Å². The van der Waals surface area contributed by atoms with E-state index in [2.05, 4.69) is 57.3 Å². The lowest BCUT2D eigenvalue weighted by Crippen LogP contribution is -2.40. The fourth-order valence-corrected chi connectivity index (χ4v) is 7.28. The van der Waals surface area contributed by atoms with Gasteiger partial charge in [-0.25, -0.2) is 0 Å². The molecule has 1 aliphatic heterocycles. The van der Waals surface area contributed by atoms with Gasteiger partial charge in [0.15, 0.2) is 0 Å². The molecule has 1 fully saturated rings. The first-order chi connectivity index (χ1) is 14.7. The highest BCUT2D eigenvalue weighted by molar-refractivity contribution is 6.77. The van der Waals surface area contributed by atoms with Gasteiger partial charge >= 0.3 is 0 Å². The minimum absolute atomic E-state index is 0.0957. The van der Waals surface area contributed by atoms with E-state index in [1.165, 1.54) is 4.90 Å². The first-order valence-corrected chi connectivity index (χ1v) is 19.5. The summed E-state index contributed by atoms with van der Waals surface area (Å²) >= 11 is 0. The van der Waals surface area contributed by atoms with Gasteiger partial charge in [0, 0.05) is 35.0 Å². The number of hydrogen-bond acceptors (Lipinski definition) is 3. The fourth-order valence-electron chi connectivity index (χ4n) is 4.21.